The van der Waals surface area contributed by atoms with Crippen molar-refractivity contribution in [1.29, 1.82) is 0 Å². The van der Waals surface area contributed by atoms with Crippen molar-refractivity contribution in [3.05, 3.63) is 54.1 Å². The molecule has 3 rings (SSSR count). The molecule has 178 valence electrons. The van der Waals surface area contributed by atoms with Crippen molar-refractivity contribution in [2.75, 3.05) is 39.5 Å². The van der Waals surface area contributed by atoms with Crippen LogP contribution in [0, 0.1) is 5.92 Å². The summed E-state index contributed by atoms with van der Waals surface area (Å²) in [7, 11) is 0. The Hall–Kier alpha value is -1.65. The van der Waals surface area contributed by atoms with Gasteiger partial charge in [-0.2, -0.15) is 0 Å². The highest BCUT2D eigenvalue weighted by Crippen LogP contribution is 2.27. The molecule has 0 aliphatic carbocycles. The summed E-state index contributed by atoms with van der Waals surface area (Å²) in [5, 5.41) is 3.48. The number of piperidine rings is 1. The Morgan fingerprint density at radius 3 is 2.78 bits per heavy atom. The largest absolute Gasteiger partial charge is 0.379 e. The Kier molecular flexibility index (Phi) is 12.0. The van der Waals surface area contributed by atoms with Crippen molar-refractivity contribution in [1.82, 2.24) is 19.8 Å². The van der Waals surface area contributed by atoms with Crippen LogP contribution in [0.3, 0.4) is 0 Å². The number of likely N-dealkylation sites (tertiary alicyclic amines) is 1. The number of rotatable bonds is 10. The monoisotopic (exact) mass is 555 g/mol. The van der Waals surface area contributed by atoms with Crippen molar-refractivity contribution in [3.63, 3.8) is 0 Å². The van der Waals surface area contributed by atoms with Crippen LogP contribution < -0.4 is 5.32 Å². The van der Waals surface area contributed by atoms with E-state index < -0.39 is 0 Å². The highest BCUT2D eigenvalue weighted by molar-refractivity contribution is 14.0. The summed E-state index contributed by atoms with van der Waals surface area (Å²) in [5.74, 6) is 1.60. The molecule has 2 aromatic rings. The molecule has 1 aliphatic heterocycles. The Labute approximate surface area is 209 Å². The normalized spacial score (nSPS) is 19.0. The lowest BCUT2D eigenvalue weighted by Crippen LogP contribution is -2.49. The molecule has 1 aliphatic rings. The number of nitrogens with zero attached hydrogens (tertiary/aromatic N) is 4. The Balaban J connectivity index is 0.00000363. The van der Waals surface area contributed by atoms with Crippen LogP contribution in [0.5, 0.6) is 0 Å². The van der Waals surface area contributed by atoms with Gasteiger partial charge in [0.2, 0.25) is 0 Å². The summed E-state index contributed by atoms with van der Waals surface area (Å²) >= 11 is 0. The molecule has 2 unspecified atom stereocenters. The molecule has 0 amide bonds. The number of aromatic nitrogens is 2. The second-order valence-electron chi connectivity index (χ2n) is 8.03. The fourth-order valence-corrected chi connectivity index (χ4v) is 3.96. The summed E-state index contributed by atoms with van der Waals surface area (Å²) in [6.07, 6.45) is 6.99. The van der Waals surface area contributed by atoms with Crippen molar-refractivity contribution in [2.45, 2.75) is 46.4 Å². The smallest absolute Gasteiger partial charge is 0.194 e. The number of ether oxygens (including phenoxy) is 2. The Morgan fingerprint density at radius 1 is 1.22 bits per heavy atom. The molecule has 7 nitrogen and oxygen atoms in total. The SMILES string of the molecule is CCNC(=NCc1cccc(COCCOCC)c1)N1CCC(C)C(n2ccnc2)C1.I. The number of imidazole rings is 1. The molecule has 2 heterocycles. The quantitative estimate of drug-likeness (QED) is 0.207. The topological polar surface area (TPSA) is 63.9 Å². The lowest BCUT2D eigenvalue weighted by molar-refractivity contribution is 0.0453. The molecule has 1 aromatic heterocycles. The van der Waals surface area contributed by atoms with Crippen LogP contribution in [0.15, 0.2) is 48.0 Å². The predicted molar refractivity (Wildman–Crippen MR) is 139 cm³/mol. The van der Waals surface area contributed by atoms with E-state index in [4.69, 9.17) is 14.5 Å². The van der Waals surface area contributed by atoms with E-state index in [1.807, 2.05) is 19.4 Å². The molecule has 0 radical (unpaired) electrons. The summed E-state index contributed by atoms with van der Waals surface area (Å²) in [6, 6.07) is 8.90. The molecular weight excluding hydrogens is 517 g/mol. The summed E-state index contributed by atoms with van der Waals surface area (Å²) in [5.41, 5.74) is 2.36. The first-order valence-electron chi connectivity index (χ1n) is 11.4. The number of nitrogens with one attached hydrogen (secondary N) is 1. The first-order valence-corrected chi connectivity index (χ1v) is 11.4. The van der Waals surface area contributed by atoms with Gasteiger partial charge in [-0.3, -0.25) is 0 Å². The van der Waals surface area contributed by atoms with Gasteiger partial charge >= 0.3 is 0 Å². The molecule has 1 fully saturated rings. The third-order valence-electron chi connectivity index (χ3n) is 5.71. The molecule has 0 bridgehead atoms. The molecule has 2 atom stereocenters. The number of halogens is 1. The van der Waals surface area contributed by atoms with Gasteiger partial charge in [-0.1, -0.05) is 31.2 Å². The van der Waals surface area contributed by atoms with Gasteiger partial charge < -0.3 is 24.3 Å². The van der Waals surface area contributed by atoms with Crippen LogP contribution in [0.1, 0.15) is 44.4 Å². The summed E-state index contributed by atoms with van der Waals surface area (Å²) < 4.78 is 13.3. The van der Waals surface area contributed by atoms with E-state index >= 15 is 0 Å². The number of aliphatic imine (C=N–C) groups is 1. The maximum Gasteiger partial charge on any atom is 0.194 e. The number of hydrogen-bond donors (Lipinski definition) is 1. The van der Waals surface area contributed by atoms with Crippen molar-refractivity contribution < 1.29 is 9.47 Å². The second kappa shape index (κ2) is 14.5. The zero-order valence-corrected chi connectivity index (χ0v) is 21.9. The highest BCUT2D eigenvalue weighted by atomic mass is 127. The van der Waals surface area contributed by atoms with Crippen molar-refractivity contribution in [3.8, 4) is 0 Å². The number of hydrogen-bond acceptors (Lipinski definition) is 4. The van der Waals surface area contributed by atoms with Gasteiger partial charge in [0.05, 0.1) is 38.7 Å². The lowest BCUT2D eigenvalue weighted by Gasteiger charge is -2.39. The van der Waals surface area contributed by atoms with Crippen LogP contribution >= 0.6 is 24.0 Å². The molecular formula is C24H38IN5O2. The van der Waals surface area contributed by atoms with Gasteiger partial charge in [0.1, 0.15) is 0 Å². The maximum absolute atomic E-state index is 5.70. The van der Waals surface area contributed by atoms with Gasteiger partial charge in [-0.25, -0.2) is 9.98 Å². The van der Waals surface area contributed by atoms with Crippen molar-refractivity contribution >= 4 is 29.9 Å². The van der Waals surface area contributed by atoms with E-state index in [1.54, 1.807) is 0 Å². The van der Waals surface area contributed by atoms with E-state index in [0.29, 0.717) is 38.3 Å². The first-order chi connectivity index (χ1) is 15.2. The van der Waals surface area contributed by atoms with E-state index in [2.05, 4.69) is 64.1 Å². The fraction of sp³-hybridized carbons (Fsp3) is 0.583. The minimum atomic E-state index is 0. The van der Waals surface area contributed by atoms with Crippen LogP contribution in [0.4, 0.5) is 0 Å². The molecule has 0 saturated carbocycles. The predicted octanol–water partition coefficient (Wildman–Crippen LogP) is 4.10. The van der Waals surface area contributed by atoms with E-state index in [9.17, 15) is 0 Å². The Bertz CT molecular complexity index is 799. The van der Waals surface area contributed by atoms with Gasteiger partial charge in [0.15, 0.2) is 5.96 Å². The van der Waals surface area contributed by atoms with E-state index in [-0.39, 0.29) is 24.0 Å². The molecule has 1 saturated heterocycles. The third kappa shape index (κ3) is 8.04. The average molecular weight is 556 g/mol. The molecule has 0 spiro atoms. The van der Waals surface area contributed by atoms with Crippen LogP contribution in [-0.4, -0.2) is 59.9 Å². The van der Waals surface area contributed by atoms with Gasteiger partial charge in [0.25, 0.3) is 0 Å². The minimum Gasteiger partial charge on any atom is -0.379 e. The molecule has 32 heavy (non-hydrogen) atoms. The second-order valence-corrected chi connectivity index (χ2v) is 8.03. The summed E-state index contributed by atoms with van der Waals surface area (Å²) in [6.45, 7) is 12.5. The van der Waals surface area contributed by atoms with E-state index in [0.717, 1.165) is 38.6 Å². The van der Waals surface area contributed by atoms with Gasteiger partial charge in [-0.05, 0) is 37.3 Å². The maximum atomic E-state index is 5.70. The highest BCUT2D eigenvalue weighted by Gasteiger charge is 2.28. The number of benzene rings is 1. The molecule has 1 aromatic carbocycles. The molecule has 8 heteroatoms. The zero-order valence-electron chi connectivity index (χ0n) is 19.6. The number of guanidine groups is 1. The van der Waals surface area contributed by atoms with Crippen molar-refractivity contribution in [2.24, 2.45) is 10.9 Å². The van der Waals surface area contributed by atoms with E-state index in [1.165, 1.54) is 11.1 Å². The lowest BCUT2D eigenvalue weighted by atomic mass is 9.93. The van der Waals surface area contributed by atoms with Gasteiger partial charge in [-0.15, -0.1) is 24.0 Å². The fourth-order valence-electron chi connectivity index (χ4n) is 3.96. The average Bonchev–Trinajstić information content (AvgIpc) is 3.32. The standard InChI is InChI=1S/C24H37N5O2.HI/c1-4-26-24(28-11-9-20(3)23(17-28)29-12-10-25-19-29)27-16-21-7-6-8-22(15-21)18-31-14-13-30-5-2;/h6-8,10,12,15,19-20,23H,4-5,9,11,13-14,16-18H2,1-3H3,(H,26,27);1H. The zero-order chi connectivity index (χ0) is 21.9. The van der Waals surface area contributed by atoms with Crippen LogP contribution in [0.2, 0.25) is 0 Å². The molecule has 1 N–H and O–H groups in total. The Morgan fingerprint density at radius 2 is 2.03 bits per heavy atom. The minimum absolute atomic E-state index is 0. The third-order valence-corrected chi connectivity index (χ3v) is 5.71. The van der Waals surface area contributed by atoms with Crippen LogP contribution in [0.25, 0.3) is 0 Å². The van der Waals surface area contributed by atoms with Crippen LogP contribution in [-0.2, 0) is 22.6 Å². The first kappa shape index (κ1) is 26.6. The van der Waals surface area contributed by atoms with Gasteiger partial charge in [0, 0.05) is 38.6 Å². The summed E-state index contributed by atoms with van der Waals surface area (Å²) in [4.78, 5) is 11.6.